The zero-order valence-electron chi connectivity index (χ0n) is 10.3. The lowest BCUT2D eigenvalue weighted by atomic mass is 10.2. The summed E-state index contributed by atoms with van der Waals surface area (Å²) in [5, 5.41) is 30.3. The second kappa shape index (κ2) is 5.78. The lowest BCUT2D eigenvalue weighted by molar-refractivity contribution is 0.0572. The average molecular weight is 345 g/mol. The first-order valence-corrected chi connectivity index (χ1v) is 6.62. The summed E-state index contributed by atoms with van der Waals surface area (Å²) in [6.45, 7) is 0.00676. The SMILES string of the molecule is O=C(O)c1ccc(Br)cc1NC(=O)N1CC(O)C(O)C1. The van der Waals surface area contributed by atoms with Gasteiger partial charge in [0, 0.05) is 4.47 Å². The number of carboxylic acids is 1. The number of rotatable bonds is 2. The van der Waals surface area contributed by atoms with Crippen molar-refractivity contribution in [3.63, 3.8) is 0 Å². The van der Waals surface area contributed by atoms with Crippen molar-refractivity contribution in [3.8, 4) is 0 Å². The fraction of sp³-hybridized carbons (Fsp3) is 0.333. The van der Waals surface area contributed by atoms with Crippen molar-refractivity contribution in [3.05, 3.63) is 28.2 Å². The number of aliphatic hydroxyl groups is 2. The Kier molecular flexibility index (Phi) is 4.26. The molecule has 1 aliphatic rings. The number of hydrogen-bond donors (Lipinski definition) is 4. The molecule has 1 fully saturated rings. The quantitative estimate of drug-likeness (QED) is 0.631. The second-order valence-corrected chi connectivity index (χ2v) is 5.38. The molecule has 0 aliphatic carbocycles. The summed E-state index contributed by atoms with van der Waals surface area (Å²) in [5.41, 5.74) is 0.106. The van der Waals surface area contributed by atoms with Crippen molar-refractivity contribution in [1.29, 1.82) is 0 Å². The molecule has 1 aliphatic heterocycles. The van der Waals surface area contributed by atoms with E-state index in [1.54, 1.807) is 6.07 Å². The zero-order valence-corrected chi connectivity index (χ0v) is 11.9. The molecule has 20 heavy (non-hydrogen) atoms. The number of nitrogens with one attached hydrogen (secondary N) is 1. The molecule has 0 spiro atoms. The monoisotopic (exact) mass is 344 g/mol. The molecule has 8 heteroatoms. The maximum atomic E-state index is 12.0. The number of hydrogen-bond acceptors (Lipinski definition) is 4. The van der Waals surface area contributed by atoms with Gasteiger partial charge in [0.05, 0.1) is 36.5 Å². The summed E-state index contributed by atoms with van der Waals surface area (Å²) < 4.78 is 0.624. The molecule has 1 saturated heterocycles. The van der Waals surface area contributed by atoms with Gasteiger partial charge in [-0.25, -0.2) is 9.59 Å². The number of carbonyl (C=O) groups is 2. The molecular formula is C12H13BrN2O5. The minimum absolute atomic E-state index is 0.00338. The number of likely N-dealkylation sites (tertiary alicyclic amines) is 1. The number of carboxylic acid groups (broad SMARTS) is 1. The Morgan fingerprint density at radius 2 is 1.85 bits per heavy atom. The number of amides is 2. The third-order valence-electron chi connectivity index (χ3n) is 3.00. The Morgan fingerprint density at radius 1 is 1.25 bits per heavy atom. The van der Waals surface area contributed by atoms with Gasteiger partial charge in [0.2, 0.25) is 0 Å². The molecule has 0 aromatic heterocycles. The second-order valence-electron chi connectivity index (χ2n) is 4.46. The fourth-order valence-electron chi connectivity index (χ4n) is 1.94. The van der Waals surface area contributed by atoms with Crippen LogP contribution in [-0.2, 0) is 0 Å². The van der Waals surface area contributed by atoms with E-state index in [0.717, 1.165) is 0 Å². The minimum Gasteiger partial charge on any atom is -0.478 e. The van der Waals surface area contributed by atoms with Crippen LogP contribution in [-0.4, -0.2) is 57.5 Å². The first-order chi connectivity index (χ1) is 9.38. The van der Waals surface area contributed by atoms with E-state index in [1.807, 2.05) is 0 Å². The Morgan fingerprint density at radius 3 is 2.40 bits per heavy atom. The van der Waals surface area contributed by atoms with Gasteiger partial charge in [0.25, 0.3) is 0 Å². The number of carbonyl (C=O) groups excluding carboxylic acids is 1. The molecule has 0 radical (unpaired) electrons. The molecule has 7 nitrogen and oxygen atoms in total. The van der Waals surface area contributed by atoms with Crippen LogP contribution in [0.15, 0.2) is 22.7 Å². The Labute approximate surface area is 122 Å². The summed E-state index contributed by atoms with van der Waals surface area (Å²) in [4.78, 5) is 24.3. The van der Waals surface area contributed by atoms with Crippen LogP contribution < -0.4 is 5.32 Å². The van der Waals surface area contributed by atoms with E-state index in [9.17, 15) is 19.8 Å². The van der Waals surface area contributed by atoms with Crippen molar-refractivity contribution >= 4 is 33.6 Å². The van der Waals surface area contributed by atoms with E-state index < -0.39 is 24.2 Å². The summed E-state index contributed by atoms with van der Waals surface area (Å²) in [6.07, 6.45) is -1.97. The van der Waals surface area contributed by atoms with Gasteiger partial charge in [-0.2, -0.15) is 0 Å². The number of aromatic carboxylic acids is 1. The third-order valence-corrected chi connectivity index (χ3v) is 3.49. The van der Waals surface area contributed by atoms with Crippen LogP contribution >= 0.6 is 15.9 Å². The van der Waals surface area contributed by atoms with E-state index in [2.05, 4.69) is 21.2 Å². The van der Waals surface area contributed by atoms with Gasteiger partial charge in [-0.1, -0.05) is 15.9 Å². The van der Waals surface area contributed by atoms with Gasteiger partial charge in [0.15, 0.2) is 0 Å². The molecule has 2 unspecified atom stereocenters. The van der Waals surface area contributed by atoms with E-state index >= 15 is 0 Å². The van der Waals surface area contributed by atoms with Gasteiger partial charge in [-0.15, -0.1) is 0 Å². The van der Waals surface area contributed by atoms with Gasteiger partial charge in [-0.05, 0) is 18.2 Å². The molecule has 0 saturated carbocycles. The normalized spacial score (nSPS) is 21.9. The predicted octanol–water partition coefficient (Wildman–Crippen LogP) is 0.717. The summed E-state index contributed by atoms with van der Waals surface area (Å²) >= 11 is 3.20. The maximum Gasteiger partial charge on any atom is 0.337 e. The number of aliphatic hydroxyl groups excluding tert-OH is 2. The molecule has 2 amide bonds. The topological polar surface area (TPSA) is 110 Å². The Balaban J connectivity index is 2.16. The first kappa shape index (κ1) is 14.8. The van der Waals surface area contributed by atoms with Gasteiger partial charge in [-0.3, -0.25) is 0 Å². The number of anilines is 1. The largest absolute Gasteiger partial charge is 0.478 e. The molecule has 1 heterocycles. The Bertz CT molecular complexity index is 541. The van der Waals surface area contributed by atoms with Crippen LogP contribution in [0, 0.1) is 0 Å². The van der Waals surface area contributed by atoms with Crippen molar-refractivity contribution in [2.45, 2.75) is 12.2 Å². The number of halogens is 1. The van der Waals surface area contributed by atoms with Crippen LogP contribution in [0.1, 0.15) is 10.4 Å². The third kappa shape index (κ3) is 3.09. The van der Waals surface area contributed by atoms with Crippen LogP contribution in [0.25, 0.3) is 0 Å². The number of urea groups is 1. The van der Waals surface area contributed by atoms with Gasteiger partial charge >= 0.3 is 12.0 Å². The lowest BCUT2D eigenvalue weighted by Gasteiger charge is -2.17. The molecule has 2 rings (SSSR count). The maximum absolute atomic E-state index is 12.0. The highest BCUT2D eigenvalue weighted by atomic mass is 79.9. The Hall–Kier alpha value is -1.64. The van der Waals surface area contributed by atoms with Crippen LogP contribution in [0.2, 0.25) is 0 Å². The van der Waals surface area contributed by atoms with Crippen molar-refractivity contribution in [2.24, 2.45) is 0 Å². The number of nitrogens with zero attached hydrogens (tertiary/aromatic N) is 1. The summed E-state index contributed by atoms with van der Waals surface area (Å²) in [6, 6.07) is 3.84. The lowest BCUT2D eigenvalue weighted by Crippen LogP contribution is -2.34. The highest BCUT2D eigenvalue weighted by Gasteiger charge is 2.32. The zero-order chi connectivity index (χ0) is 14.9. The van der Waals surface area contributed by atoms with Crippen LogP contribution in [0.3, 0.4) is 0 Å². The molecule has 4 N–H and O–H groups in total. The predicted molar refractivity (Wildman–Crippen MR) is 73.7 cm³/mol. The fourth-order valence-corrected chi connectivity index (χ4v) is 2.30. The highest BCUT2D eigenvalue weighted by molar-refractivity contribution is 9.10. The molecule has 0 bridgehead atoms. The molecule has 2 atom stereocenters. The first-order valence-electron chi connectivity index (χ1n) is 5.83. The average Bonchev–Trinajstić information content (AvgIpc) is 2.69. The van der Waals surface area contributed by atoms with Crippen LogP contribution in [0.4, 0.5) is 10.5 Å². The van der Waals surface area contributed by atoms with Crippen LogP contribution in [0.5, 0.6) is 0 Å². The molecule has 1 aromatic carbocycles. The molecular weight excluding hydrogens is 332 g/mol. The number of β-amino-alcohol motifs (C(OH)–C–C–N with tert-alkyl or cyclic N) is 2. The van der Waals surface area contributed by atoms with E-state index in [-0.39, 0.29) is 24.3 Å². The smallest absolute Gasteiger partial charge is 0.337 e. The van der Waals surface area contributed by atoms with E-state index in [1.165, 1.54) is 17.0 Å². The van der Waals surface area contributed by atoms with Crippen molar-refractivity contribution in [2.75, 3.05) is 18.4 Å². The summed E-state index contributed by atoms with van der Waals surface area (Å²) in [5.74, 6) is -1.16. The van der Waals surface area contributed by atoms with Crippen molar-refractivity contribution in [1.82, 2.24) is 4.90 Å². The molecule has 108 valence electrons. The number of benzene rings is 1. The highest BCUT2D eigenvalue weighted by Crippen LogP contribution is 2.22. The van der Waals surface area contributed by atoms with E-state index in [0.29, 0.717) is 4.47 Å². The van der Waals surface area contributed by atoms with Crippen molar-refractivity contribution < 1.29 is 24.9 Å². The van der Waals surface area contributed by atoms with Gasteiger partial charge < -0.3 is 25.5 Å². The standard InChI is InChI=1S/C12H13BrN2O5/c13-6-1-2-7(11(18)19)8(3-6)14-12(20)15-4-9(16)10(17)5-15/h1-3,9-10,16-17H,4-5H2,(H,14,20)(H,18,19). The summed E-state index contributed by atoms with van der Waals surface area (Å²) in [7, 11) is 0. The molecule has 1 aromatic rings. The van der Waals surface area contributed by atoms with E-state index in [4.69, 9.17) is 5.11 Å². The minimum atomic E-state index is -1.16. The van der Waals surface area contributed by atoms with Gasteiger partial charge in [0.1, 0.15) is 0 Å².